The second-order valence-corrected chi connectivity index (χ2v) is 9.68. The Bertz CT molecular complexity index is 1500. The van der Waals surface area contributed by atoms with Crippen LogP contribution >= 0.6 is 0 Å². The van der Waals surface area contributed by atoms with Crippen molar-refractivity contribution in [2.45, 2.75) is 31.7 Å². The first kappa shape index (κ1) is 26.7. The highest BCUT2D eigenvalue weighted by Gasteiger charge is 2.29. The van der Waals surface area contributed by atoms with Crippen LogP contribution in [0.25, 0.3) is 22.4 Å². The van der Waals surface area contributed by atoms with E-state index in [4.69, 9.17) is 20.2 Å². The van der Waals surface area contributed by atoms with Gasteiger partial charge in [-0.3, -0.25) is 4.79 Å². The SMILES string of the molecule is COCCc1nc2c(N3CCC[C@H]3CN)c(CC(=O)c3ccnc(-c4c(F)cccc4OC)n3)ccc2n1C. The molecule has 10 heteroatoms. The van der Waals surface area contributed by atoms with Crippen molar-refractivity contribution in [2.75, 3.05) is 38.8 Å². The van der Waals surface area contributed by atoms with Gasteiger partial charge in [0.15, 0.2) is 11.6 Å². The Morgan fingerprint density at radius 1 is 1.18 bits per heavy atom. The molecule has 1 fully saturated rings. The Hall–Kier alpha value is -3.89. The standard InChI is InChI=1S/C29H33FN6O3/c1-35-22-10-9-18(28(36-14-5-6-19(36)17-31)27(22)34-25(35)12-15-38-2)16-23(37)21-11-13-32-29(33-21)26-20(30)7-4-8-24(26)39-3/h4,7-11,13,19H,5-6,12,14-17,31H2,1-3H3/t19-/m0/s1. The minimum absolute atomic E-state index is 0.0988. The molecule has 3 heterocycles. The van der Waals surface area contributed by atoms with Gasteiger partial charge in [0.2, 0.25) is 0 Å². The lowest BCUT2D eigenvalue weighted by molar-refractivity contribution is 0.0988. The fraction of sp³-hybridized carbons (Fsp3) is 0.379. The number of carbonyl (C=O) groups excluding carboxylic acids is 1. The molecule has 4 aromatic rings. The molecule has 204 valence electrons. The van der Waals surface area contributed by atoms with E-state index in [9.17, 15) is 9.18 Å². The summed E-state index contributed by atoms with van der Waals surface area (Å²) in [5.41, 5.74) is 10.1. The topological polar surface area (TPSA) is 108 Å². The van der Waals surface area contributed by atoms with Gasteiger partial charge in [0.05, 0.1) is 30.5 Å². The van der Waals surface area contributed by atoms with Crippen molar-refractivity contribution < 1.29 is 18.7 Å². The van der Waals surface area contributed by atoms with Gasteiger partial charge in [-0.1, -0.05) is 12.1 Å². The van der Waals surface area contributed by atoms with Gasteiger partial charge in [0.25, 0.3) is 0 Å². The molecule has 2 aromatic carbocycles. The number of rotatable bonds is 10. The highest BCUT2D eigenvalue weighted by Crippen LogP contribution is 2.36. The number of methoxy groups -OCH3 is 2. The van der Waals surface area contributed by atoms with Crippen LogP contribution in [0.1, 0.15) is 34.7 Å². The molecule has 0 unspecified atom stereocenters. The van der Waals surface area contributed by atoms with Crippen LogP contribution in [-0.2, 0) is 24.6 Å². The molecule has 0 aliphatic carbocycles. The second-order valence-electron chi connectivity index (χ2n) is 9.68. The molecule has 0 radical (unpaired) electrons. The minimum Gasteiger partial charge on any atom is -0.496 e. The van der Waals surface area contributed by atoms with Crippen LogP contribution in [0.2, 0.25) is 0 Å². The van der Waals surface area contributed by atoms with Gasteiger partial charge in [-0.15, -0.1) is 0 Å². The van der Waals surface area contributed by atoms with Gasteiger partial charge < -0.3 is 24.7 Å². The van der Waals surface area contributed by atoms with Gasteiger partial charge in [0.1, 0.15) is 28.6 Å². The number of hydrogen-bond donors (Lipinski definition) is 1. The molecule has 0 amide bonds. The first-order valence-corrected chi connectivity index (χ1v) is 13.1. The van der Waals surface area contributed by atoms with Crippen molar-refractivity contribution >= 4 is 22.5 Å². The fourth-order valence-electron chi connectivity index (χ4n) is 5.38. The Kier molecular flexibility index (Phi) is 7.85. The van der Waals surface area contributed by atoms with Gasteiger partial charge in [0, 0.05) is 52.3 Å². The van der Waals surface area contributed by atoms with Crippen molar-refractivity contribution in [2.24, 2.45) is 12.8 Å². The lowest BCUT2D eigenvalue weighted by Crippen LogP contribution is -2.36. The number of aryl methyl sites for hydroxylation is 1. The summed E-state index contributed by atoms with van der Waals surface area (Å²) in [5.74, 6) is 0.594. The number of Topliss-reactive ketones (excluding diaryl/α,β-unsaturated/α-hetero) is 1. The number of nitrogens with two attached hydrogens (primary N) is 1. The van der Waals surface area contributed by atoms with Crippen LogP contribution in [0.3, 0.4) is 0 Å². The van der Waals surface area contributed by atoms with Crippen LogP contribution < -0.4 is 15.4 Å². The number of aromatic nitrogens is 4. The average molecular weight is 533 g/mol. The molecule has 0 saturated carbocycles. The molecule has 9 nitrogen and oxygen atoms in total. The van der Waals surface area contributed by atoms with Crippen LogP contribution in [0, 0.1) is 5.82 Å². The minimum atomic E-state index is -0.520. The van der Waals surface area contributed by atoms with Crippen molar-refractivity contribution in [3.05, 3.63) is 65.5 Å². The van der Waals surface area contributed by atoms with Crippen LogP contribution in [0.15, 0.2) is 42.6 Å². The third-order valence-corrected chi connectivity index (χ3v) is 7.38. The number of nitrogens with zero attached hydrogens (tertiary/aromatic N) is 5. The molecular weight excluding hydrogens is 499 g/mol. The zero-order valence-corrected chi connectivity index (χ0v) is 22.5. The number of ether oxygens (including phenoxy) is 2. The maximum atomic E-state index is 14.7. The number of imidazole rings is 1. The quantitative estimate of drug-likeness (QED) is 0.308. The van der Waals surface area contributed by atoms with Gasteiger partial charge in [-0.2, -0.15) is 0 Å². The zero-order valence-electron chi connectivity index (χ0n) is 22.5. The second kappa shape index (κ2) is 11.5. The lowest BCUT2D eigenvalue weighted by Gasteiger charge is -2.28. The maximum Gasteiger partial charge on any atom is 0.185 e. The van der Waals surface area contributed by atoms with E-state index in [0.717, 1.165) is 47.5 Å². The summed E-state index contributed by atoms with van der Waals surface area (Å²) in [6.45, 7) is 1.93. The van der Waals surface area contributed by atoms with E-state index >= 15 is 0 Å². The number of carbonyl (C=O) groups is 1. The Morgan fingerprint density at radius 3 is 2.79 bits per heavy atom. The van der Waals surface area contributed by atoms with Crippen molar-refractivity contribution in [1.29, 1.82) is 0 Å². The Labute approximate surface area is 226 Å². The zero-order chi connectivity index (χ0) is 27.5. The number of benzene rings is 2. The summed E-state index contributed by atoms with van der Waals surface area (Å²) < 4.78 is 27.4. The molecule has 39 heavy (non-hydrogen) atoms. The van der Waals surface area contributed by atoms with E-state index in [1.807, 2.05) is 19.2 Å². The summed E-state index contributed by atoms with van der Waals surface area (Å²) in [6, 6.07) is 10.2. The molecule has 2 N–H and O–H groups in total. The molecule has 5 rings (SSSR count). The fourth-order valence-corrected chi connectivity index (χ4v) is 5.38. The van der Waals surface area contributed by atoms with E-state index in [1.54, 1.807) is 25.3 Å². The Morgan fingerprint density at radius 2 is 2.03 bits per heavy atom. The average Bonchev–Trinajstić information content (AvgIpc) is 3.55. The van der Waals surface area contributed by atoms with E-state index in [0.29, 0.717) is 25.3 Å². The lowest BCUT2D eigenvalue weighted by atomic mass is 10.0. The predicted molar refractivity (Wildman–Crippen MR) is 148 cm³/mol. The molecule has 1 saturated heterocycles. The number of halogens is 1. The van der Waals surface area contributed by atoms with Crippen LogP contribution in [-0.4, -0.2) is 65.3 Å². The summed E-state index contributed by atoms with van der Waals surface area (Å²) in [4.78, 5) is 29.6. The van der Waals surface area contributed by atoms with E-state index < -0.39 is 5.82 Å². The summed E-state index contributed by atoms with van der Waals surface area (Å²) in [5, 5.41) is 0. The maximum absolute atomic E-state index is 14.7. The summed E-state index contributed by atoms with van der Waals surface area (Å²) in [7, 11) is 5.13. The van der Waals surface area contributed by atoms with Crippen molar-refractivity contribution in [3.63, 3.8) is 0 Å². The number of anilines is 1. The highest BCUT2D eigenvalue weighted by atomic mass is 19.1. The van der Waals surface area contributed by atoms with Crippen molar-refractivity contribution in [3.8, 4) is 17.1 Å². The first-order chi connectivity index (χ1) is 19.0. The number of hydrogen-bond acceptors (Lipinski definition) is 8. The van der Waals surface area contributed by atoms with Gasteiger partial charge in [-0.25, -0.2) is 19.3 Å². The third-order valence-electron chi connectivity index (χ3n) is 7.38. The van der Waals surface area contributed by atoms with Crippen LogP contribution in [0.5, 0.6) is 5.75 Å². The Balaban J connectivity index is 1.55. The van der Waals surface area contributed by atoms with E-state index in [-0.39, 0.29) is 35.3 Å². The largest absolute Gasteiger partial charge is 0.496 e. The van der Waals surface area contributed by atoms with Gasteiger partial charge in [-0.05, 0) is 42.7 Å². The summed E-state index contributed by atoms with van der Waals surface area (Å²) >= 11 is 0. The van der Waals surface area contributed by atoms with Crippen LogP contribution in [0.4, 0.5) is 10.1 Å². The molecule has 0 spiro atoms. The monoisotopic (exact) mass is 532 g/mol. The third kappa shape index (κ3) is 5.09. The van der Waals surface area contributed by atoms with Gasteiger partial charge >= 0.3 is 0 Å². The highest BCUT2D eigenvalue weighted by molar-refractivity contribution is 6.00. The first-order valence-electron chi connectivity index (χ1n) is 13.1. The molecule has 1 atom stereocenters. The molecular formula is C29H33FN6O3. The molecule has 2 aromatic heterocycles. The molecule has 0 bridgehead atoms. The van der Waals surface area contributed by atoms with Crippen molar-refractivity contribution in [1.82, 2.24) is 19.5 Å². The van der Waals surface area contributed by atoms with E-state index in [2.05, 4.69) is 19.4 Å². The molecule has 1 aliphatic heterocycles. The summed E-state index contributed by atoms with van der Waals surface area (Å²) in [6.07, 6.45) is 4.27. The number of fused-ring (bicyclic) bond motifs is 1. The number of ketones is 1. The van der Waals surface area contributed by atoms with E-state index in [1.165, 1.54) is 19.4 Å². The normalized spacial score (nSPS) is 15.3. The smallest absolute Gasteiger partial charge is 0.185 e. The molecule has 1 aliphatic rings. The predicted octanol–water partition coefficient (Wildman–Crippen LogP) is 3.72.